The quantitative estimate of drug-likeness (QED) is 0.872. The highest BCUT2D eigenvalue weighted by molar-refractivity contribution is 7.10. The zero-order valence-electron chi connectivity index (χ0n) is 8.90. The second kappa shape index (κ2) is 5.48. The first kappa shape index (κ1) is 11.6. The number of benzene rings is 1. The summed E-state index contributed by atoms with van der Waals surface area (Å²) < 4.78 is 0. The summed E-state index contributed by atoms with van der Waals surface area (Å²) in [5, 5.41) is 2.85. The average Bonchev–Trinajstić information content (AvgIpc) is 2.81. The van der Waals surface area contributed by atoms with Gasteiger partial charge in [-0.05, 0) is 42.0 Å². The van der Waals surface area contributed by atoms with Crippen molar-refractivity contribution < 1.29 is 0 Å². The maximum atomic E-state index is 6.10. The van der Waals surface area contributed by atoms with Gasteiger partial charge in [0.1, 0.15) is 0 Å². The summed E-state index contributed by atoms with van der Waals surface area (Å²) in [4.78, 5) is 1.26. The molecule has 2 N–H and O–H groups in total. The lowest BCUT2D eigenvalue weighted by atomic mass is 10.1. The van der Waals surface area contributed by atoms with Crippen LogP contribution < -0.4 is 5.73 Å². The molecular weight excluding hydrogens is 238 g/mol. The molecule has 84 valence electrons. The molecule has 0 spiro atoms. The van der Waals surface area contributed by atoms with Gasteiger partial charge < -0.3 is 5.73 Å². The van der Waals surface area contributed by atoms with E-state index in [1.165, 1.54) is 10.4 Å². The Balaban J connectivity index is 1.90. The van der Waals surface area contributed by atoms with Gasteiger partial charge >= 0.3 is 0 Å². The van der Waals surface area contributed by atoms with Crippen molar-refractivity contribution in [1.29, 1.82) is 0 Å². The Morgan fingerprint density at radius 2 is 1.94 bits per heavy atom. The number of hydrogen-bond acceptors (Lipinski definition) is 2. The molecular formula is C13H14ClNS. The molecule has 0 radical (unpaired) electrons. The van der Waals surface area contributed by atoms with Gasteiger partial charge in [-0.1, -0.05) is 29.8 Å². The fraction of sp³-hybridized carbons (Fsp3) is 0.231. The molecule has 1 aromatic carbocycles. The molecule has 0 fully saturated rings. The summed E-state index contributed by atoms with van der Waals surface area (Å²) in [6, 6.07) is 12.3. The van der Waals surface area contributed by atoms with Crippen LogP contribution in [-0.4, -0.2) is 0 Å². The molecule has 0 saturated heterocycles. The molecule has 1 nitrogen and oxygen atoms in total. The Bertz CT molecular complexity index is 422. The molecule has 0 aliphatic heterocycles. The van der Waals surface area contributed by atoms with Crippen LogP contribution in [0.25, 0.3) is 0 Å². The number of rotatable bonds is 4. The number of aryl methyl sites for hydroxylation is 1. The molecule has 1 aromatic heterocycles. The molecule has 0 saturated carbocycles. The molecule has 1 atom stereocenters. The van der Waals surface area contributed by atoms with E-state index in [9.17, 15) is 0 Å². The maximum Gasteiger partial charge on any atom is 0.0406 e. The molecule has 1 heterocycles. The molecule has 0 aliphatic rings. The van der Waals surface area contributed by atoms with Crippen molar-refractivity contribution in [3.63, 3.8) is 0 Å². The van der Waals surface area contributed by atoms with Gasteiger partial charge in [-0.25, -0.2) is 0 Å². The van der Waals surface area contributed by atoms with E-state index in [1.807, 2.05) is 18.2 Å². The van der Waals surface area contributed by atoms with Crippen molar-refractivity contribution in [3.8, 4) is 0 Å². The predicted octanol–water partition coefficient (Wildman–Crippen LogP) is 4.03. The highest BCUT2D eigenvalue weighted by Gasteiger charge is 2.06. The van der Waals surface area contributed by atoms with Gasteiger partial charge in [0.2, 0.25) is 0 Å². The van der Waals surface area contributed by atoms with E-state index in [0.29, 0.717) is 0 Å². The van der Waals surface area contributed by atoms with Crippen molar-refractivity contribution in [2.45, 2.75) is 18.9 Å². The fourth-order valence-electron chi connectivity index (χ4n) is 1.62. The second-order valence-electron chi connectivity index (χ2n) is 3.79. The topological polar surface area (TPSA) is 26.0 Å². The first-order valence-electron chi connectivity index (χ1n) is 5.29. The number of nitrogens with two attached hydrogens (primary N) is 1. The fourth-order valence-corrected chi connectivity index (χ4v) is 2.51. The van der Waals surface area contributed by atoms with E-state index in [0.717, 1.165) is 17.9 Å². The van der Waals surface area contributed by atoms with Crippen molar-refractivity contribution in [2.75, 3.05) is 0 Å². The van der Waals surface area contributed by atoms with Gasteiger partial charge in [-0.15, -0.1) is 11.3 Å². The van der Waals surface area contributed by atoms with Gasteiger partial charge in [0.25, 0.3) is 0 Å². The number of thiophene rings is 1. The minimum absolute atomic E-state index is 0.149. The molecule has 0 amide bonds. The largest absolute Gasteiger partial charge is 0.323 e. The SMILES string of the molecule is NC(CCc1ccc(Cl)cc1)c1cccs1. The molecule has 0 aliphatic carbocycles. The predicted molar refractivity (Wildman–Crippen MR) is 71.0 cm³/mol. The van der Waals surface area contributed by atoms with Crippen molar-refractivity contribution in [1.82, 2.24) is 0 Å². The van der Waals surface area contributed by atoms with Crippen molar-refractivity contribution >= 4 is 22.9 Å². The zero-order valence-corrected chi connectivity index (χ0v) is 10.5. The van der Waals surface area contributed by atoms with Gasteiger partial charge in [0.15, 0.2) is 0 Å². The van der Waals surface area contributed by atoms with Crippen LogP contribution in [-0.2, 0) is 6.42 Å². The van der Waals surface area contributed by atoms with E-state index in [1.54, 1.807) is 11.3 Å². The monoisotopic (exact) mass is 251 g/mol. The third-order valence-corrected chi connectivity index (χ3v) is 3.82. The van der Waals surface area contributed by atoms with E-state index in [-0.39, 0.29) is 6.04 Å². The minimum Gasteiger partial charge on any atom is -0.323 e. The van der Waals surface area contributed by atoms with Crippen LogP contribution >= 0.6 is 22.9 Å². The van der Waals surface area contributed by atoms with E-state index in [4.69, 9.17) is 17.3 Å². The number of halogens is 1. The third-order valence-electron chi connectivity index (χ3n) is 2.57. The van der Waals surface area contributed by atoms with Crippen LogP contribution in [0.5, 0.6) is 0 Å². The highest BCUT2D eigenvalue weighted by Crippen LogP contribution is 2.21. The van der Waals surface area contributed by atoms with Crippen molar-refractivity contribution in [2.24, 2.45) is 5.73 Å². The summed E-state index contributed by atoms with van der Waals surface area (Å²) in [6.45, 7) is 0. The van der Waals surface area contributed by atoms with Gasteiger partial charge in [0, 0.05) is 15.9 Å². The number of hydrogen-bond donors (Lipinski definition) is 1. The summed E-state index contributed by atoms with van der Waals surface area (Å²) in [6.07, 6.45) is 1.97. The standard InChI is InChI=1S/C13H14ClNS/c14-11-6-3-10(4-7-11)5-8-12(15)13-2-1-9-16-13/h1-4,6-7,9,12H,5,8,15H2. The normalized spacial score (nSPS) is 12.6. The highest BCUT2D eigenvalue weighted by atomic mass is 35.5. The summed E-state index contributed by atoms with van der Waals surface area (Å²) >= 11 is 7.56. The van der Waals surface area contributed by atoms with Crippen LogP contribution in [0.3, 0.4) is 0 Å². The van der Waals surface area contributed by atoms with Crippen LogP contribution in [0.2, 0.25) is 5.02 Å². The molecule has 2 aromatic rings. The maximum absolute atomic E-state index is 6.10. The zero-order chi connectivity index (χ0) is 11.4. The van der Waals surface area contributed by atoms with Crippen LogP contribution in [0.4, 0.5) is 0 Å². The average molecular weight is 252 g/mol. The second-order valence-corrected chi connectivity index (χ2v) is 5.20. The van der Waals surface area contributed by atoms with Crippen LogP contribution in [0, 0.1) is 0 Å². The first-order chi connectivity index (χ1) is 7.75. The lowest BCUT2D eigenvalue weighted by Gasteiger charge is -2.09. The molecule has 2 rings (SSSR count). The Morgan fingerprint density at radius 3 is 2.56 bits per heavy atom. The molecule has 3 heteroatoms. The van der Waals surface area contributed by atoms with Crippen molar-refractivity contribution in [3.05, 3.63) is 57.2 Å². The first-order valence-corrected chi connectivity index (χ1v) is 6.55. The molecule has 0 bridgehead atoms. The minimum atomic E-state index is 0.149. The lowest BCUT2D eigenvalue weighted by molar-refractivity contribution is 0.662. The smallest absolute Gasteiger partial charge is 0.0406 e. The van der Waals surface area contributed by atoms with Crippen LogP contribution in [0.15, 0.2) is 41.8 Å². The molecule has 16 heavy (non-hydrogen) atoms. The Morgan fingerprint density at radius 1 is 1.19 bits per heavy atom. The van der Waals surface area contributed by atoms with E-state index < -0.39 is 0 Å². The van der Waals surface area contributed by atoms with Crippen LogP contribution in [0.1, 0.15) is 22.9 Å². The van der Waals surface area contributed by atoms with Gasteiger partial charge in [-0.2, -0.15) is 0 Å². The van der Waals surface area contributed by atoms with Gasteiger partial charge in [0.05, 0.1) is 0 Å². The Labute approximate surface area is 105 Å². The van der Waals surface area contributed by atoms with E-state index in [2.05, 4.69) is 23.6 Å². The summed E-state index contributed by atoms with van der Waals surface area (Å²) in [5.74, 6) is 0. The summed E-state index contributed by atoms with van der Waals surface area (Å²) in [5.41, 5.74) is 7.39. The van der Waals surface area contributed by atoms with Gasteiger partial charge in [-0.3, -0.25) is 0 Å². The third kappa shape index (κ3) is 3.08. The van der Waals surface area contributed by atoms with E-state index >= 15 is 0 Å². The lowest BCUT2D eigenvalue weighted by Crippen LogP contribution is -2.09. The Hall–Kier alpha value is -0.830. The summed E-state index contributed by atoms with van der Waals surface area (Å²) in [7, 11) is 0. The Kier molecular flexibility index (Phi) is 3.99. The molecule has 1 unspecified atom stereocenters.